The van der Waals surface area contributed by atoms with E-state index in [1.807, 2.05) is 0 Å². The van der Waals surface area contributed by atoms with Gasteiger partial charge in [0.05, 0.1) is 12.7 Å². The van der Waals surface area contributed by atoms with Gasteiger partial charge in [-0.2, -0.15) is 0 Å². The van der Waals surface area contributed by atoms with Crippen LogP contribution in [0, 0.1) is 10.8 Å². The summed E-state index contributed by atoms with van der Waals surface area (Å²) in [5, 5.41) is 0. The van der Waals surface area contributed by atoms with E-state index in [4.69, 9.17) is 9.47 Å². The van der Waals surface area contributed by atoms with E-state index in [1.165, 1.54) is 0 Å². The average molecular weight is 228 g/mol. The lowest BCUT2D eigenvalue weighted by Crippen LogP contribution is -2.45. The molecule has 0 aromatic heterocycles. The molecule has 0 amide bonds. The van der Waals surface area contributed by atoms with Gasteiger partial charge < -0.3 is 9.47 Å². The van der Waals surface area contributed by atoms with Crippen molar-refractivity contribution >= 4 is 0 Å². The Kier molecular flexibility index (Phi) is 3.76. The zero-order valence-corrected chi connectivity index (χ0v) is 12.0. The van der Waals surface area contributed by atoms with E-state index >= 15 is 0 Å². The van der Waals surface area contributed by atoms with Crippen LogP contribution in [0.25, 0.3) is 0 Å². The highest BCUT2D eigenvalue weighted by Gasteiger charge is 2.49. The average Bonchev–Trinajstić information content (AvgIpc) is 2.43. The number of hydrogen-bond acceptors (Lipinski definition) is 2. The van der Waals surface area contributed by atoms with Crippen molar-refractivity contribution in [3.05, 3.63) is 0 Å². The van der Waals surface area contributed by atoms with E-state index in [0.29, 0.717) is 5.41 Å². The molecule has 0 bridgehead atoms. The summed E-state index contributed by atoms with van der Waals surface area (Å²) >= 11 is 0. The molecule has 1 aliphatic rings. The minimum Gasteiger partial charge on any atom is -0.347 e. The van der Waals surface area contributed by atoms with Gasteiger partial charge in [0.2, 0.25) is 0 Å². The molecular weight excluding hydrogens is 200 g/mol. The van der Waals surface area contributed by atoms with Crippen molar-refractivity contribution < 1.29 is 9.47 Å². The van der Waals surface area contributed by atoms with Crippen LogP contribution in [-0.2, 0) is 9.47 Å². The first kappa shape index (κ1) is 14.0. The molecular formula is C14H28O2. The van der Waals surface area contributed by atoms with Crippen molar-refractivity contribution in [3.63, 3.8) is 0 Å². The second-order valence-corrected chi connectivity index (χ2v) is 7.30. The molecule has 1 fully saturated rings. The maximum atomic E-state index is 6.09. The standard InChI is InChI=1S/C14H28O2/c1-11-10-15-14(16-11,13(5,6)7)9-8-12(2,3)4/h11H,8-10H2,1-7H3. The summed E-state index contributed by atoms with van der Waals surface area (Å²) in [5.74, 6) is -0.389. The molecule has 0 aromatic rings. The van der Waals surface area contributed by atoms with Gasteiger partial charge >= 0.3 is 0 Å². The third-order valence-electron chi connectivity index (χ3n) is 3.29. The van der Waals surface area contributed by atoms with Gasteiger partial charge in [-0.3, -0.25) is 0 Å². The molecule has 1 saturated heterocycles. The maximum absolute atomic E-state index is 6.09. The van der Waals surface area contributed by atoms with Gasteiger partial charge in [-0.25, -0.2) is 0 Å². The Morgan fingerprint density at radius 2 is 1.69 bits per heavy atom. The van der Waals surface area contributed by atoms with Gasteiger partial charge in [0.15, 0.2) is 5.79 Å². The van der Waals surface area contributed by atoms with E-state index in [-0.39, 0.29) is 17.3 Å². The van der Waals surface area contributed by atoms with Crippen molar-refractivity contribution in [2.24, 2.45) is 10.8 Å². The minimum absolute atomic E-state index is 0.0308. The third kappa shape index (κ3) is 3.21. The fourth-order valence-electron chi connectivity index (χ4n) is 2.08. The van der Waals surface area contributed by atoms with E-state index in [2.05, 4.69) is 48.5 Å². The van der Waals surface area contributed by atoms with E-state index in [0.717, 1.165) is 19.4 Å². The number of ether oxygens (including phenoxy) is 2. The summed E-state index contributed by atoms with van der Waals surface area (Å²) in [5.41, 5.74) is 0.361. The number of rotatable bonds is 2. The Labute approximate surface area is 101 Å². The van der Waals surface area contributed by atoms with Gasteiger partial charge in [0.25, 0.3) is 0 Å². The minimum atomic E-state index is -0.389. The van der Waals surface area contributed by atoms with Crippen LogP contribution in [0.2, 0.25) is 0 Å². The molecule has 0 saturated carbocycles. The van der Waals surface area contributed by atoms with Crippen LogP contribution in [0.5, 0.6) is 0 Å². The molecule has 2 heteroatoms. The van der Waals surface area contributed by atoms with Crippen LogP contribution in [0.15, 0.2) is 0 Å². The molecule has 2 atom stereocenters. The topological polar surface area (TPSA) is 18.5 Å². The molecule has 2 unspecified atom stereocenters. The fourth-order valence-corrected chi connectivity index (χ4v) is 2.08. The van der Waals surface area contributed by atoms with Gasteiger partial charge in [-0.15, -0.1) is 0 Å². The van der Waals surface area contributed by atoms with Crippen LogP contribution in [0.3, 0.4) is 0 Å². The van der Waals surface area contributed by atoms with E-state index in [9.17, 15) is 0 Å². The van der Waals surface area contributed by atoms with Crippen LogP contribution in [0.1, 0.15) is 61.3 Å². The largest absolute Gasteiger partial charge is 0.347 e. The third-order valence-corrected chi connectivity index (χ3v) is 3.29. The molecule has 0 spiro atoms. The predicted octanol–water partition coefficient (Wildman–Crippen LogP) is 3.99. The first-order chi connectivity index (χ1) is 7.06. The SMILES string of the molecule is CC1COC(CCC(C)(C)C)(C(C)(C)C)O1. The smallest absolute Gasteiger partial charge is 0.173 e. The Hall–Kier alpha value is -0.0800. The first-order valence-electron chi connectivity index (χ1n) is 6.38. The second kappa shape index (κ2) is 4.30. The predicted molar refractivity (Wildman–Crippen MR) is 67.4 cm³/mol. The molecule has 1 aliphatic heterocycles. The molecule has 0 aliphatic carbocycles. The summed E-state index contributed by atoms with van der Waals surface area (Å²) in [6.07, 6.45) is 2.32. The van der Waals surface area contributed by atoms with Crippen molar-refractivity contribution in [1.82, 2.24) is 0 Å². The van der Waals surface area contributed by atoms with Crippen LogP contribution < -0.4 is 0 Å². The Bertz CT molecular complexity index is 234. The highest BCUT2D eigenvalue weighted by atomic mass is 16.7. The second-order valence-electron chi connectivity index (χ2n) is 7.30. The quantitative estimate of drug-likeness (QED) is 0.711. The van der Waals surface area contributed by atoms with Gasteiger partial charge in [-0.05, 0) is 18.8 Å². The Balaban J connectivity index is 2.74. The highest BCUT2D eigenvalue weighted by Crippen LogP contribution is 2.44. The molecule has 2 nitrogen and oxygen atoms in total. The summed E-state index contributed by atoms with van der Waals surface area (Å²) in [7, 11) is 0. The fraction of sp³-hybridized carbons (Fsp3) is 1.00. The number of hydrogen-bond donors (Lipinski definition) is 0. The summed E-state index contributed by atoms with van der Waals surface area (Å²) in [6, 6.07) is 0. The van der Waals surface area contributed by atoms with E-state index < -0.39 is 0 Å². The summed E-state index contributed by atoms with van der Waals surface area (Å²) in [6.45, 7) is 16.2. The molecule has 0 aromatic carbocycles. The van der Waals surface area contributed by atoms with Gasteiger partial charge in [0.1, 0.15) is 0 Å². The molecule has 0 N–H and O–H groups in total. The Morgan fingerprint density at radius 3 is 2.00 bits per heavy atom. The highest BCUT2D eigenvalue weighted by molar-refractivity contribution is 4.89. The molecule has 1 rings (SSSR count). The molecule has 16 heavy (non-hydrogen) atoms. The summed E-state index contributed by atoms with van der Waals surface area (Å²) in [4.78, 5) is 0. The van der Waals surface area contributed by atoms with Gasteiger partial charge in [0, 0.05) is 11.8 Å². The Morgan fingerprint density at radius 1 is 1.12 bits per heavy atom. The molecule has 0 radical (unpaired) electrons. The summed E-state index contributed by atoms with van der Waals surface area (Å²) < 4.78 is 12.1. The lowest BCUT2D eigenvalue weighted by Gasteiger charge is -2.41. The molecule has 1 heterocycles. The zero-order valence-electron chi connectivity index (χ0n) is 12.0. The van der Waals surface area contributed by atoms with Crippen molar-refractivity contribution in [1.29, 1.82) is 0 Å². The maximum Gasteiger partial charge on any atom is 0.173 e. The first-order valence-corrected chi connectivity index (χ1v) is 6.38. The zero-order chi connectivity index (χ0) is 12.6. The lowest BCUT2D eigenvalue weighted by molar-refractivity contribution is -0.236. The van der Waals surface area contributed by atoms with Crippen LogP contribution >= 0.6 is 0 Å². The van der Waals surface area contributed by atoms with Crippen molar-refractivity contribution in [3.8, 4) is 0 Å². The van der Waals surface area contributed by atoms with Gasteiger partial charge in [-0.1, -0.05) is 41.5 Å². The molecule has 96 valence electrons. The van der Waals surface area contributed by atoms with E-state index in [1.54, 1.807) is 0 Å². The van der Waals surface area contributed by atoms with Crippen molar-refractivity contribution in [2.75, 3.05) is 6.61 Å². The lowest BCUT2D eigenvalue weighted by atomic mass is 9.78. The van der Waals surface area contributed by atoms with Crippen LogP contribution in [-0.4, -0.2) is 18.5 Å². The van der Waals surface area contributed by atoms with Crippen molar-refractivity contribution in [2.45, 2.75) is 73.2 Å². The normalized spacial score (nSPS) is 32.1. The monoisotopic (exact) mass is 228 g/mol. The van der Waals surface area contributed by atoms with Crippen LogP contribution in [0.4, 0.5) is 0 Å².